The second-order valence-electron chi connectivity index (χ2n) is 4.99. The van der Waals surface area contributed by atoms with E-state index in [2.05, 4.69) is 40.1 Å². The zero-order chi connectivity index (χ0) is 11.7. The number of aryl methyl sites for hydroxylation is 1. The van der Waals surface area contributed by atoms with E-state index < -0.39 is 0 Å². The molecule has 17 heavy (non-hydrogen) atoms. The van der Waals surface area contributed by atoms with E-state index in [-0.39, 0.29) is 0 Å². The van der Waals surface area contributed by atoms with Crippen molar-refractivity contribution in [2.75, 3.05) is 13.1 Å². The molecule has 3 nitrogen and oxygen atoms in total. The monoisotopic (exact) mass is 229 g/mol. The fourth-order valence-corrected chi connectivity index (χ4v) is 2.62. The van der Waals surface area contributed by atoms with E-state index >= 15 is 0 Å². The van der Waals surface area contributed by atoms with Crippen LogP contribution in [-0.4, -0.2) is 29.4 Å². The molecular weight excluding hydrogens is 210 g/mol. The molecule has 0 amide bonds. The van der Waals surface area contributed by atoms with Crippen LogP contribution in [0.15, 0.2) is 23.2 Å². The normalized spacial score (nSPS) is 20.4. The Bertz CT molecular complexity index is 433. The van der Waals surface area contributed by atoms with Gasteiger partial charge in [0, 0.05) is 13.1 Å². The summed E-state index contributed by atoms with van der Waals surface area (Å²) in [4.78, 5) is 4.55. The second-order valence-corrected chi connectivity index (χ2v) is 4.99. The van der Waals surface area contributed by atoms with Gasteiger partial charge >= 0.3 is 0 Å². The average molecular weight is 229 g/mol. The van der Waals surface area contributed by atoms with E-state index in [4.69, 9.17) is 0 Å². The van der Waals surface area contributed by atoms with Crippen molar-refractivity contribution in [3.63, 3.8) is 0 Å². The quantitative estimate of drug-likeness (QED) is 0.737. The van der Waals surface area contributed by atoms with Crippen LogP contribution in [0, 0.1) is 6.92 Å². The summed E-state index contributed by atoms with van der Waals surface area (Å²) in [5, 5.41) is 4.71. The summed E-state index contributed by atoms with van der Waals surface area (Å²) in [6, 6.07) is 6.50. The molecule has 0 radical (unpaired) electrons. The van der Waals surface area contributed by atoms with Gasteiger partial charge in [-0.15, -0.1) is 0 Å². The number of piperidine rings is 1. The van der Waals surface area contributed by atoms with Crippen molar-refractivity contribution in [1.82, 2.24) is 10.0 Å². The van der Waals surface area contributed by atoms with E-state index in [1.807, 2.05) is 6.34 Å². The molecule has 3 rings (SSSR count). The van der Waals surface area contributed by atoms with Crippen molar-refractivity contribution < 1.29 is 0 Å². The summed E-state index contributed by atoms with van der Waals surface area (Å²) in [5.41, 5.74) is 3.79. The zero-order valence-electron chi connectivity index (χ0n) is 10.4. The molecule has 0 atom stereocenters. The number of nitrogens with zero attached hydrogens (tertiary/aromatic N) is 3. The lowest BCUT2D eigenvalue weighted by Crippen LogP contribution is -2.45. The van der Waals surface area contributed by atoms with E-state index in [1.54, 1.807) is 0 Å². The number of hydrazine groups is 1. The summed E-state index contributed by atoms with van der Waals surface area (Å²) in [6.45, 7) is 5.46. The maximum Gasteiger partial charge on any atom is 0.106 e. The minimum atomic E-state index is 0.973. The van der Waals surface area contributed by atoms with Crippen LogP contribution in [0.3, 0.4) is 0 Å². The first-order valence-corrected chi connectivity index (χ1v) is 6.48. The summed E-state index contributed by atoms with van der Waals surface area (Å²) < 4.78 is 0. The van der Waals surface area contributed by atoms with Gasteiger partial charge in [0.25, 0.3) is 0 Å². The third-order valence-corrected chi connectivity index (χ3v) is 3.59. The first-order valence-electron chi connectivity index (χ1n) is 6.48. The van der Waals surface area contributed by atoms with Crippen LogP contribution in [0.1, 0.15) is 30.4 Å². The maximum absolute atomic E-state index is 4.55. The van der Waals surface area contributed by atoms with Gasteiger partial charge in [0.05, 0.1) is 12.2 Å². The Morgan fingerprint density at radius 3 is 2.76 bits per heavy atom. The molecule has 1 saturated heterocycles. The zero-order valence-corrected chi connectivity index (χ0v) is 10.4. The maximum atomic E-state index is 4.55. The summed E-state index contributed by atoms with van der Waals surface area (Å²) in [5.74, 6) is 0. The highest BCUT2D eigenvalue weighted by Gasteiger charge is 2.19. The molecule has 0 unspecified atom stereocenters. The largest absolute Gasteiger partial charge is 0.291 e. The lowest BCUT2D eigenvalue weighted by Gasteiger charge is -2.37. The van der Waals surface area contributed by atoms with Gasteiger partial charge in [0.1, 0.15) is 6.34 Å². The van der Waals surface area contributed by atoms with Crippen LogP contribution in [0.5, 0.6) is 0 Å². The lowest BCUT2D eigenvalue weighted by atomic mass is 10.1. The second kappa shape index (κ2) is 4.49. The smallest absolute Gasteiger partial charge is 0.106 e. The van der Waals surface area contributed by atoms with Crippen molar-refractivity contribution in [2.24, 2.45) is 4.99 Å². The number of hydrogen-bond acceptors (Lipinski definition) is 3. The first-order chi connectivity index (χ1) is 8.33. The van der Waals surface area contributed by atoms with Crippen LogP contribution in [-0.2, 0) is 6.54 Å². The van der Waals surface area contributed by atoms with Gasteiger partial charge < -0.3 is 0 Å². The number of rotatable bonds is 1. The first kappa shape index (κ1) is 10.8. The topological polar surface area (TPSA) is 18.8 Å². The number of aliphatic imine (C=N–C) groups is 1. The number of fused-ring (bicyclic) bond motifs is 1. The Morgan fingerprint density at radius 1 is 1.12 bits per heavy atom. The highest BCUT2D eigenvalue weighted by molar-refractivity contribution is 5.66. The van der Waals surface area contributed by atoms with Gasteiger partial charge in [-0.3, -0.25) is 5.01 Å². The van der Waals surface area contributed by atoms with E-state index in [0.29, 0.717) is 0 Å². The van der Waals surface area contributed by atoms with Crippen molar-refractivity contribution in [3.05, 3.63) is 29.3 Å². The molecule has 1 aromatic carbocycles. The fourth-order valence-electron chi connectivity index (χ4n) is 2.62. The molecule has 0 aliphatic carbocycles. The highest BCUT2D eigenvalue weighted by Crippen LogP contribution is 2.26. The fraction of sp³-hybridized carbons (Fsp3) is 0.500. The third-order valence-electron chi connectivity index (χ3n) is 3.59. The minimum absolute atomic E-state index is 0.973. The molecule has 3 heteroatoms. The molecule has 0 saturated carbocycles. The lowest BCUT2D eigenvalue weighted by molar-refractivity contribution is 0.0226. The Kier molecular flexibility index (Phi) is 2.85. The number of hydrogen-bond donors (Lipinski definition) is 0. The Balaban J connectivity index is 1.79. The van der Waals surface area contributed by atoms with Crippen molar-refractivity contribution in [2.45, 2.75) is 32.7 Å². The molecule has 2 aliphatic heterocycles. The van der Waals surface area contributed by atoms with Gasteiger partial charge in [-0.2, -0.15) is 0 Å². The van der Waals surface area contributed by atoms with Gasteiger partial charge in [0.15, 0.2) is 0 Å². The molecule has 1 aromatic rings. The molecule has 90 valence electrons. The van der Waals surface area contributed by atoms with Crippen molar-refractivity contribution in [3.8, 4) is 0 Å². The van der Waals surface area contributed by atoms with Gasteiger partial charge in [-0.05, 0) is 31.4 Å². The predicted octanol–water partition coefficient (Wildman–Crippen LogP) is 2.87. The molecular formula is C14H19N3. The van der Waals surface area contributed by atoms with Crippen LogP contribution in [0.2, 0.25) is 0 Å². The summed E-state index contributed by atoms with van der Waals surface area (Å²) in [6.07, 6.45) is 5.98. The average Bonchev–Trinajstić information content (AvgIpc) is 2.39. The van der Waals surface area contributed by atoms with E-state index in [1.165, 1.54) is 43.5 Å². The van der Waals surface area contributed by atoms with Gasteiger partial charge in [-0.25, -0.2) is 10.0 Å². The molecule has 0 N–H and O–H groups in total. The number of benzene rings is 1. The minimum Gasteiger partial charge on any atom is -0.291 e. The van der Waals surface area contributed by atoms with Crippen LogP contribution >= 0.6 is 0 Å². The standard InChI is InChI=1S/C14H19N3/c1-12-5-6-14-13(9-12)10-17(11-15-14)16-7-3-2-4-8-16/h5-6,9,11H,2-4,7-8,10H2,1H3. The summed E-state index contributed by atoms with van der Waals surface area (Å²) >= 11 is 0. The summed E-state index contributed by atoms with van der Waals surface area (Å²) in [7, 11) is 0. The van der Waals surface area contributed by atoms with E-state index in [0.717, 1.165) is 12.2 Å². The van der Waals surface area contributed by atoms with E-state index in [9.17, 15) is 0 Å². The van der Waals surface area contributed by atoms with Crippen LogP contribution in [0.4, 0.5) is 5.69 Å². The third kappa shape index (κ3) is 2.20. The Morgan fingerprint density at radius 2 is 1.94 bits per heavy atom. The van der Waals surface area contributed by atoms with Crippen molar-refractivity contribution in [1.29, 1.82) is 0 Å². The van der Waals surface area contributed by atoms with Crippen molar-refractivity contribution >= 4 is 12.0 Å². The molecule has 2 heterocycles. The Labute approximate surface area is 103 Å². The molecule has 0 aromatic heterocycles. The highest BCUT2D eigenvalue weighted by atomic mass is 15.6. The van der Waals surface area contributed by atoms with Crippen LogP contribution in [0.25, 0.3) is 0 Å². The molecule has 1 fully saturated rings. The van der Waals surface area contributed by atoms with Crippen LogP contribution < -0.4 is 0 Å². The predicted molar refractivity (Wildman–Crippen MR) is 70.3 cm³/mol. The molecule has 0 spiro atoms. The van der Waals surface area contributed by atoms with Gasteiger partial charge in [0.2, 0.25) is 0 Å². The molecule has 0 bridgehead atoms. The molecule has 2 aliphatic rings. The van der Waals surface area contributed by atoms with Gasteiger partial charge in [-0.1, -0.05) is 24.1 Å². The SMILES string of the molecule is Cc1ccc2c(c1)CN(N1CCCCC1)C=N2. The Hall–Kier alpha value is -1.35.